The molecule has 0 aliphatic rings. The smallest absolute Gasteiger partial charge is 0.383 e. The van der Waals surface area contributed by atoms with E-state index in [9.17, 15) is 17.6 Å². The summed E-state index contributed by atoms with van der Waals surface area (Å²) in [6.07, 6.45) is -4.09. The Morgan fingerprint density at radius 1 is 1.14 bits per heavy atom. The normalized spacial score (nSPS) is 11.7. The SMILES string of the molecule is CCc1nc(-c2cc(F)cc(C(F)(F)F)c2)nc(N)c1C. The molecule has 3 nitrogen and oxygen atoms in total. The minimum absolute atomic E-state index is 0.0139. The van der Waals surface area contributed by atoms with Crippen LogP contribution >= 0.6 is 0 Å². The van der Waals surface area contributed by atoms with Crippen LogP contribution in [0.25, 0.3) is 11.4 Å². The highest BCUT2D eigenvalue weighted by Gasteiger charge is 2.31. The van der Waals surface area contributed by atoms with Gasteiger partial charge in [-0.25, -0.2) is 14.4 Å². The maximum atomic E-state index is 13.4. The van der Waals surface area contributed by atoms with E-state index in [1.54, 1.807) is 6.92 Å². The fraction of sp³-hybridized carbons (Fsp3) is 0.286. The van der Waals surface area contributed by atoms with E-state index in [0.717, 1.165) is 12.1 Å². The second kappa shape index (κ2) is 5.31. The number of aromatic nitrogens is 2. The number of nitrogens with two attached hydrogens (primary N) is 1. The number of anilines is 1. The highest BCUT2D eigenvalue weighted by atomic mass is 19.4. The summed E-state index contributed by atoms with van der Waals surface area (Å²) < 4.78 is 51.6. The molecule has 0 aliphatic carbocycles. The van der Waals surface area contributed by atoms with Crippen LogP contribution in [0.2, 0.25) is 0 Å². The number of rotatable bonds is 2. The van der Waals surface area contributed by atoms with Crippen molar-refractivity contribution < 1.29 is 17.6 Å². The van der Waals surface area contributed by atoms with E-state index in [-0.39, 0.29) is 17.2 Å². The summed E-state index contributed by atoms with van der Waals surface area (Å²) in [5, 5.41) is 0. The lowest BCUT2D eigenvalue weighted by molar-refractivity contribution is -0.137. The van der Waals surface area contributed by atoms with Gasteiger partial charge in [0.05, 0.1) is 5.56 Å². The molecule has 0 bridgehead atoms. The lowest BCUT2D eigenvalue weighted by atomic mass is 10.1. The third-order valence-corrected chi connectivity index (χ3v) is 3.10. The Hall–Kier alpha value is -2.18. The zero-order chi connectivity index (χ0) is 15.8. The van der Waals surface area contributed by atoms with Crippen molar-refractivity contribution in [3.8, 4) is 11.4 Å². The van der Waals surface area contributed by atoms with Crippen molar-refractivity contribution in [3.05, 3.63) is 40.8 Å². The van der Waals surface area contributed by atoms with Gasteiger partial charge in [-0.1, -0.05) is 6.92 Å². The molecule has 0 amide bonds. The van der Waals surface area contributed by atoms with E-state index in [4.69, 9.17) is 5.73 Å². The van der Waals surface area contributed by atoms with Gasteiger partial charge in [-0.2, -0.15) is 13.2 Å². The van der Waals surface area contributed by atoms with E-state index < -0.39 is 17.6 Å². The van der Waals surface area contributed by atoms with Gasteiger partial charge >= 0.3 is 6.18 Å². The van der Waals surface area contributed by atoms with Gasteiger partial charge < -0.3 is 5.73 Å². The van der Waals surface area contributed by atoms with Gasteiger partial charge in [0.25, 0.3) is 0 Å². The predicted octanol–water partition coefficient (Wildman–Crippen LogP) is 3.75. The Balaban J connectivity index is 2.62. The van der Waals surface area contributed by atoms with Crippen LogP contribution in [-0.4, -0.2) is 9.97 Å². The average molecular weight is 299 g/mol. The first-order chi connectivity index (χ1) is 9.72. The molecule has 1 heterocycles. The molecule has 1 aromatic heterocycles. The molecule has 0 fully saturated rings. The molecule has 2 N–H and O–H groups in total. The molecule has 2 aromatic rings. The van der Waals surface area contributed by atoms with Crippen molar-refractivity contribution in [2.75, 3.05) is 5.73 Å². The first-order valence-electron chi connectivity index (χ1n) is 6.23. The van der Waals surface area contributed by atoms with E-state index in [2.05, 4.69) is 9.97 Å². The maximum Gasteiger partial charge on any atom is 0.416 e. The summed E-state index contributed by atoms with van der Waals surface area (Å²) in [5.41, 5.74) is 5.89. The van der Waals surface area contributed by atoms with Crippen LogP contribution in [0.15, 0.2) is 18.2 Å². The number of hydrogen-bond donors (Lipinski definition) is 1. The monoisotopic (exact) mass is 299 g/mol. The summed E-state index contributed by atoms with van der Waals surface area (Å²) in [5.74, 6) is -0.838. The number of benzene rings is 1. The van der Waals surface area contributed by atoms with Crippen molar-refractivity contribution in [1.29, 1.82) is 0 Å². The highest BCUT2D eigenvalue weighted by molar-refractivity contribution is 5.60. The Morgan fingerprint density at radius 3 is 2.38 bits per heavy atom. The predicted molar refractivity (Wildman–Crippen MR) is 71.0 cm³/mol. The summed E-state index contributed by atoms with van der Waals surface area (Å²) >= 11 is 0. The zero-order valence-electron chi connectivity index (χ0n) is 11.4. The van der Waals surface area contributed by atoms with Gasteiger partial charge in [0.1, 0.15) is 11.6 Å². The van der Waals surface area contributed by atoms with E-state index in [1.807, 2.05) is 6.92 Å². The van der Waals surface area contributed by atoms with Crippen LogP contribution in [0.4, 0.5) is 23.4 Å². The molecule has 112 valence electrons. The molecule has 0 unspecified atom stereocenters. The number of alkyl halides is 3. The summed E-state index contributed by atoms with van der Waals surface area (Å²) in [6, 6.07) is 2.20. The zero-order valence-corrected chi connectivity index (χ0v) is 11.4. The van der Waals surface area contributed by atoms with Crippen LogP contribution in [-0.2, 0) is 12.6 Å². The molecule has 0 saturated heterocycles. The number of hydrogen-bond acceptors (Lipinski definition) is 3. The number of halogens is 4. The Bertz CT molecular complexity index is 681. The van der Waals surface area contributed by atoms with Crippen LogP contribution in [0.1, 0.15) is 23.7 Å². The second-order valence-corrected chi connectivity index (χ2v) is 4.58. The van der Waals surface area contributed by atoms with Crippen LogP contribution in [0.5, 0.6) is 0 Å². The van der Waals surface area contributed by atoms with Gasteiger partial charge in [-0.3, -0.25) is 0 Å². The van der Waals surface area contributed by atoms with Gasteiger partial charge in [0.2, 0.25) is 0 Å². The number of aryl methyl sites for hydroxylation is 1. The molecular formula is C14H13F4N3. The molecule has 2 rings (SSSR count). The Labute approximate surface area is 118 Å². The maximum absolute atomic E-state index is 13.4. The van der Waals surface area contributed by atoms with Crippen LogP contribution in [0.3, 0.4) is 0 Å². The lowest BCUT2D eigenvalue weighted by Gasteiger charge is -2.11. The van der Waals surface area contributed by atoms with Gasteiger partial charge in [-0.05, 0) is 31.5 Å². The standard InChI is InChI=1S/C14H13F4N3/c1-3-11-7(2)12(19)21-13(20-11)8-4-9(14(16,17)18)6-10(15)5-8/h4-6H,3H2,1-2H3,(H2,19,20,21). The third-order valence-electron chi connectivity index (χ3n) is 3.10. The third kappa shape index (κ3) is 3.12. The fourth-order valence-corrected chi connectivity index (χ4v) is 1.94. The van der Waals surface area contributed by atoms with Crippen molar-refractivity contribution in [1.82, 2.24) is 9.97 Å². The van der Waals surface area contributed by atoms with E-state index in [0.29, 0.717) is 23.7 Å². The Kier molecular flexibility index (Phi) is 3.85. The first-order valence-corrected chi connectivity index (χ1v) is 6.23. The minimum Gasteiger partial charge on any atom is -0.383 e. The van der Waals surface area contributed by atoms with Gasteiger partial charge in [-0.15, -0.1) is 0 Å². The number of nitrogens with zero attached hydrogens (tertiary/aromatic N) is 2. The molecule has 0 spiro atoms. The molecule has 0 radical (unpaired) electrons. The molecule has 0 atom stereocenters. The summed E-state index contributed by atoms with van der Waals surface area (Å²) in [7, 11) is 0. The average Bonchev–Trinajstić information content (AvgIpc) is 2.40. The van der Waals surface area contributed by atoms with Gasteiger partial charge in [0, 0.05) is 16.8 Å². The topological polar surface area (TPSA) is 51.8 Å². The molecule has 21 heavy (non-hydrogen) atoms. The van der Waals surface area contributed by atoms with E-state index in [1.165, 1.54) is 0 Å². The molecule has 7 heteroatoms. The molecule has 1 aromatic carbocycles. The van der Waals surface area contributed by atoms with Crippen LogP contribution in [0, 0.1) is 12.7 Å². The number of nitrogen functional groups attached to an aromatic ring is 1. The highest BCUT2D eigenvalue weighted by Crippen LogP contribution is 2.32. The van der Waals surface area contributed by atoms with Crippen molar-refractivity contribution >= 4 is 5.82 Å². The van der Waals surface area contributed by atoms with Crippen LogP contribution < -0.4 is 5.73 Å². The lowest BCUT2D eigenvalue weighted by Crippen LogP contribution is -2.07. The van der Waals surface area contributed by atoms with E-state index >= 15 is 0 Å². The van der Waals surface area contributed by atoms with Gasteiger partial charge in [0.15, 0.2) is 5.82 Å². The van der Waals surface area contributed by atoms with Crippen molar-refractivity contribution in [2.24, 2.45) is 0 Å². The largest absolute Gasteiger partial charge is 0.416 e. The summed E-state index contributed by atoms with van der Waals surface area (Å²) in [4.78, 5) is 8.11. The quantitative estimate of drug-likeness (QED) is 0.859. The minimum atomic E-state index is -4.64. The molecular weight excluding hydrogens is 286 g/mol. The van der Waals surface area contributed by atoms with Crippen molar-refractivity contribution in [3.63, 3.8) is 0 Å². The Morgan fingerprint density at radius 2 is 1.81 bits per heavy atom. The second-order valence-electron chi connectivity index (χ2n) is 4.58. The first kappa shape index (κ1) is 15.2. The van der Waals surface area contributed by atoms with Crippen molar-refractivity contribution in [2.45, 2.75) is 26.4 Å². The molecule has 0 aliphatic heterocycles. The molecule has 0 saturated carbocycles. The summed E-state index contributed by atoms with van der Waals surface area (Å²) in [6.45, 7) is 3.57. The fourth-order valence-electron chi connectivity index (χ4n) is 1.94.